The summed E-state index contributed by atoms with van der Waals surface area (Å²) in [6.07, 6.45) is -2.36. The lowest BCUT2D eigenvalue weighted by Crippen LogP contribution is -2.29. The Morgan fingerprint density at radius 1 is 1.26 bits per heavy atom. The molecule has 0 aliphatic rings. The second kappa shape index (κ2) is 8.21. The van der Waals surface area contributed by atoms with E-state index in [4.69, 9.17) is 4.74 Å². The summed E-state index contributed by atoms with van der Waals surface area (Å²) >= 11 is 0. The fraction of sp³-hybridized carbons (Fsp3) is 0.333. The van der Waals surface area contributed by atoms with E-state index in [1.165, 1.54) is 25.1 Å². The molecular weight excluding hydrogens is 315 g/mol. The van der Waals surface area contributed by atoms with Gasteiger partial charge in [-0.1, -0.05) is 13.0 Å². The van der Waals surface area contributed by atoms with Crippen LogP contribution < -0.4 is 10.1 Å². The SMILES string of the molecule is CC/C=C/C(=O)O[C@H](C)C(=O)Nc1ccc(OC(F)(F)F)cc1. The van der Waals surface area contributed by atoms with Crippen LogP contribution in [0.3, 0.4) is 0 Å². The summed E-state index contributed by atoms with van der Waals surface area (Å²) in [6.45, 7) is 3.22. The first-order chi connectivity index (χ1) is 10.7. The van der Waals surface area contributed by atoms with E-state index in [9.17, 15) is 22.8 Å². The first-order valence-electron chi connectivity index (χ1n) is 6.75. The van der Waals surface area contributed by atoms with Crippen LogP contribution in [-0.4, -0.2) is 24.3 Å². The van der Waals surface area contributed by atoms with Gasteiger partial charge in [-0.15, -0.1) is 13.2 Å². The third-order valence-corrected chi connectivity index (χ3v) is 2.51. The van der Waals surface area contributed by atoms with Crippen molar-refractivity contribution in [3.05, 3.63) is 36.4 Å². The molecule has 0 spiro atoms. The van der Waals surface area contributed by atoms with Gasteiger partial charge in [0.05, 0.1) is 0 Å². The fourth-order valence-electron chi connectivity index (χ4n) is 1.46. The maximum Gasteiger partial charge on any atom is 0.573 e. The molecule has 0 heterocycles. The van der Waals surface area contributed by atoms with Crippen LogP contribution in [0.2, 0.25) is 0 Å². The number of rotatable bonds is 6. The minimum absolute atomic E-state index is 0.247. The lowest BCUT2D eigenvalue weighted by Gasteiger charge is -2.13. The standard InChI is InChI=1S/C15H16F3NO4/c1-3-4-5-13(20)22-10(2)14(21)19-11-6-8-12(9-7-11)23-15(16,17)18/h4-10H,3H2,1-2H3,(H,19,21)/b5-4+/t10-/m1/s1. The van der Waals surface area contributed by atoms with Crippen molar-refractivity contribution in [1.29, 1.82) is 0 Å². The highest BCUT2D eigenvalue weighted by atomic mass is 19.4. The van der Waals surface area contributed by atoms with E-state index >= 15 is 0 Å². The third-order valence-electron chi connectivity index (χ3n) is 2.51. The molecule has 0 saturated carbocycles. The van der Waals surface area contributed by atoms with Gasteiger partial charge in [-0.2, -0.15) is 0 Å². The largest absolute Gasteiger partial charge is 0.573 e. The molecule has 23 heavy (non-hydrogen) atoms. The Morgan fingerprint density at radius 2 is 1.87 bits per heavy atom. The monoisotopic (exact) mass is 331 g/mol. The number of amides is 1. The van der Waals surface area contributed by atoms with Gasteiger partial charge in [-0.3, -0.25) is 4.79 Å². The van der Waals surface area contributed by atoms with E-state index in [2.05, 4.69) is 10.1 Å². The summed E-state index contributed by atoms with van der Waals surface area (Å²) in [5.41, 5.74) is 0.247. The molecule has 1 aromatic carbocycles. The summed E-state index contributed by atoms with van der Waals surface area (Å²) in [6, 6.07) is 4.60. The summed E-state index contributed by atoms with van der Waals surface area (Å²) in [4.78, 5) is 23.1. The molecule has 5 nitrogen and oxygen atoms in total. The van der Waals surface area contributed by atoms with Gasteiger partial charge in [0.15, 0.2) is 6.10 Å². The number of anilines is 1. The Hall–Kier alpha value is -2.51. The number of halogens is 3. The van der Waals surface area contributed by atoms with Crippen molar-refractivity contribution in [3.8, 4) is 5.75 Å². The second-order valence-electron chi connectivity index (χ2n) is 4.45. The Labute approximate surface area is 131 Å². The minimum atomic E-state index is -4.78. The zero-order chi connectivity index (χ0) is 17.5. The van der Waals surface area contributed by atoms with Crippen molar-refractivity contribution in [1.82, 2.24) is 0 Å². The van der Waals surface area contributed by atoms with Gasteiger partial charge in [0, 0.05) is 11.8 Å². The first-order valence-corrected chi connectivity index (χ1v) is 6.75. The number of carbonyl (C=O) groups is 2. The van der Waals surface area contributed by atoms with Crippen LogP contribution in [0, 0.1) is 0 Å². The molecule has 1 N–H and O–H groups in total. The van der Waals surface area contributed by atoms with E-state index in [1.54, 1.807) is 6.08 Å². The van der Waals surface area contributed by atoms with Gasteiger partial charge < -0.3 is 14.8 Å². The zero-order valence-corrected chi connectivity index (χ0v) is 12.5. The van der Waals surface area contributed by atoms with Crippen LogP contribution in [0.25, 0.3) is 0 Å². The van der Waals surface area contributed by atoms with Crippen LogP contribution in [0.1, 0.15) is 20.3 Å². The van der Waals surface area contributed by atoms with Crippen molar-refractivity contribution in [2.75, 3.05) is 5.32 Å². The lowest BCUT2D eigenvalue weighted by molar-refractivity contribution is -0.274. The van der Waals surface area contributed by atoms with Gasteiger partial charge in [-0.05, 0) is 37.6 Å². The van der Waals surface area contributed by atoms with Crippen LogP contribution >= 0.6 is 0 Å². The zero-order valence-electron chi connectivity index (χ0n) is 12.5. The van der Waals surface area contributed by atoms with Crippen molar-refractivity contribution < 1.29 is 32.2 Å². The Morgan fingerprint density at radius 3 is 2.39 bits per heavy atom. The molecule has 0 aliphatic carbocycles. The molecule has 1 amide bonds. The quantitative estimate of drug-likeness (QED) is 0.641. The number of ether oxygens (including phenoxy) is 2. The molecule has 1 atom stereocenters. The molecule has 0 bridgehead atoms. The van der Waals surface area contributed by atoms with E-state index < -0.39 is 30.1 Å². The number of benzene rings is 1. The molecular formula is C15H16F3NO4. The van der Waals surface area contributed by atoms with Gasteiger partial charge in [0.25, 0.3) is 5.91 Å². The van der Waals surface area contributed by atoms with Gasteiger partial charge in [0.2, 0.25) is 0 Å². The van der Waals surface area contributed by atoms with Gasteiger partial charge in [0.1, 0.15) is 5.75 Å². The van der Waals surface area contributed by atoms with Crippen molar-refractivity contribution >= 4 is 17.6 Å². The average molecular weight is 331 g/mol. The highest BCUT2D eigenvalue weighted by Gasteiger charge is 2.31. The summed E-state index contributed by atoms with van der Waals surface area (Å²) < 4.78 is 44.6. The molecule has 0 unspecified atom stereocenters. The number of esters is 1. The molecule has 0 radical (unpaired) electrons. The number of allylic oxidation sites excluding steroid dienone is 1. The normalized spacial score (nSPS) is 12.7. The predicted octanol–water partition coefficient (Wildman–Crippen LogP) is 3.42. The van der Waals surface area contributed by atoms with Crippen molar-refractivity contribution in [2.24, 2.45) is 0 Å². The number of carbonyl (C=O) groups excluding carboxylic acids is 2. The first kappa shape index (κ1) is 18.5. The van der Waals surface area contributed by atoms with Crippen LogP contribution in [0.4, 0.5) is 18.9 Å². The summed E-state index contributed by atoms with van der Waals surface area (Å²) in [5, 5.41) is 2.42. The fourth-order valence-corrected chi connectivity index (χ4v) is 1.46. The van der Waals surface area contributed by atoms with E-state index in [0.717, 1.165) is 12.1 Å². The minimum Gasteiger partial charge on any atom is -0.449 e. The molecule has 1 aromatic rings. The van der Waals surface area contributed by atoms with Crippen LogP contribution in [0.15, 0.2) is 36.4 Å². The smallest absolute Gasteiger partial charge is 0.449 e. The van der Waals surface area contributed by atoms with E-state index in [0.29, 0.717) is 6.42 Å². The molecule has 0 saturated heterocycles. The average Bonchev–Trinajstić information content (AvgIpc) is 2.45. The predicted molar refractivity (Wildman–Crippen MR) is 76.7 cm³/mol. The summed E-state index contributed by atoms with van der Waals surface area (Å²) in [7, 11) is 0. The number of hydrogen-bond donors (Lipinski definition) is 1. The Bertz CT molecular complexity index is 567. The molecule has 0 aliphatic heterocycles. The van der Waals surface area contributed by atoms with Crippen molar-refractivity contribution in [3.63, 3.8) is 0 Å². The van der Waals surface area contributed by atoms with Gasteiger partial charge in [-0.25, -0.2) is 4.79 Å². The Kier molecular flexibility index (Phi) is 6.62. The molecule has 0 aromatic heterocycles. The van der Waals surface area contributed by atoms with E-state index in [-0.39, 0.29) is 5.69 Å². The molecule has 1 rings (SSSR count). The van der Waals surface area contributed by atoms with Crippen LogP contribution in [0.5, 0.6) is 5.75 Å². The maximum atomic E-state index is 12.0. The topological polar surface area (TPSA) is 64.6 Å². The Balaban J connectivity index is 2.56. The molecule has 126 valence electrons. The lowest BCUT2D eigenvalue weighted by atomic mass is 10.3. The maximum absolute atomic E-state index is 12.0. The highest BCUT2D eigenvalue weighted by Crippen LogP contribution is 2.24. The number of hydrogen-bond acceptors (Lipinski definition) is 4. The molecule has 0 fully saturated rings. The van der Waals surface area contributed by atoms with Gasteiger partial charge >= 0.3 is 12.3 Å². The highest BCUT2D eigenvalue weighted by molar-refractivity contribution is 5.95. The third kappa shape index (κ3) is 7.35. The number of alkyl halides is 3. The second-order valence-corrected chi connectivity index (χ2v) is 4.45. The van der Waals surface area contributed by atoms with Crippen molar-refractivity contribution in [2.45, 2.75) is 32.7 Å². The number of nitrogens with one attached hydrogen (secondary N) is 1. The summed E-state index contributed by atoms with van der Waals surface area (Å²) in [5.74, 6) is -1.66. The molecule has 8 heteroatoms. The van der Waals surface area contributed by atoms with Crippen LogP contribution in [-0.2, 0) is 14.3 Å². The van der Waals surface area contributed by atoms with E-state index in [1.807, 2.05) is 6.92 Å².